The average molecular weight is 288 g/mol. The third-order valence-electron chi connectivity index (χ3n) is 3.81. The van der Waals surface area contributed by atoms with E-state index in [0.29, 0.717) is 5.92 Å². The number of hydrazine groups is 1. The van der Waals surface area contributed by atoms with Crippen LogP contribution >= 0.6 is 11.8 Å². The Morgan fingerprint density at radius 2 is 1.95 bits per heavy atom. The van der Waals surface area contributed by atoms with Gasteiger partial charge in [0.1, 0.15) is 5.82 Å². The fourth-order valence-corrected chi connectivity index (χ4v) is 4.04. The van der Waals surface area contributed by atoms with Gasteiger partial charge in [-0.25, -0.2) is 4.39 Å². The second-order valence-corrected chi connectivity index (χ2v) is 6.12. The van der Waals surface area contributed by atoms with E-state index in [0.717, 1.165) is 17.7 Å². The van der Waals surface area contributed by atoms with Gasteiger partial charge in [-0.1, -0.05) is 30.3 Å². The molecule has 0 aromatic heterocycles. The Kier molecular flexibility index (Phi) is 4.05. The first kappa shape index (κ1) is 13.6. The van der Waals surface area contributed by atoms with Crippen LogP contribution in [0.1, 0.15) is 17.0 Å². The normalized spacial score (nSPS) is 18.8. The van der Waals surface area contributed by atoms with Crippen LogP contribution in [0.4, 0.5) is 4.39 Å². The van der Waals surface area contributed by atoms with Gasteiger partial charge in [0.15, 0.2) is 0 Å². The highest BCUT2D eigenvalue weighted by Crippen LogP contribution is 2.41. The molecule has 0 bridgehead atoms. The van der Waals surface area contributed by atoms with Crippen LogP contribution in [-0.2, 0) is 6.42 Å². The Morgan fingerprint density at radius 1 is 1.20 bits per heavy atom. The van der Waals surface area contributed by atoms with Crippen LogP contribution in [0, 0.1) is 5.82 Å². The molecule has 2 aromatic carbocycles. The predicted octanol–water partition coefficient (Wildman–Crippen LogP) is 3.09. The van der Waals surface area contributed by atoms with Gasteiger partial charge in [0.2, 0.25) is 0 Å². The number of fused-ring (bicyclic) bond motifs is 1. The smallest absolute Gasteiger partial charge is 0.123 e. The molecule has 0 fully saturated rings. The molecule has 0 saturated heterocycles. The third kappa shape index (κ3) is 2.73. The van der Waals surface area contributed by atoms with Crippen molar-refractivity contribution in [1.29, 1.82) is 0 Å². The van der Waals surface area contributed by atoms with Crippen molar-refractivity contribution in [3.05, 3.63) is 65.5 Å². The quantitative estimate of drug-likeness (QED) is 0.670. The zero-order valence-electron chi connectivity index (χ0n) is 11.1. The second-order valence-electron chi connectivity index (χ2n) is 5.06. The van der Waals surface area contributed by atoms with Crippen molar-refractivity contribution in [2.24, 2.45) is 5.84 Å². The highest BCUT2D eigenvalue weighted by atomic mass is 32.2. The van der Waals surface area contributed by atoms with Crippen LogP contribution in [0.5, 0.6) is 0 Å². The number of rotatable bonds is 4. The van der Waals surface area contributed by atoms with Crippen LogP contribution in [-0.4, -0.2) is 11.8 Å². The maximum absolute atomic E-state index is 13.0. The summed E-state index contributed by atoms with van der Waals surface area (Å²) in [5.74, 6) is 6.98. The van der Waals surface area contributed by atoms with E-state index >= 15 is 0 Å². The summed E-state index contributed by atoms with van der Waals surface area (Å²) in [6.45, 7) is 0. The largest absolute Gasteiger partial charge is 0.271 e. The van der Waals surface area contributed by atoms with E-state index in [4.69, 9.17) is 5.84 Å². The van der Waals surface area contributed by atoms with Crippen LogP contribution in [0.3, 0.4) is 0 Å². The number of halogens is 1. The van der Waals surface area contributed by atoms with Crippen molar-refractivity contribution in [1.82, 2.24) is 5.43 Å². The highest BCUT2D eigenvalue weighted by Gasteiger charge is 2.29. The van der Waals surface area contributed by atoms with Crippen LogP contribution in [0.25, 0.3) is 0 Å². The Morgan fingerprint density at radius 3 is 2.70 bits per heavy atom. The van der Waals surface area contributed by atoms with Gasteiger partial charge in [-0.2, -0.15) is 0 Å². The average Bonchev–Trinajstić information content (AvgIpc) is 2.91. The first-order valence-electron chi connectivity index (χ1n) is 6.70. The summed E-state index contributed by atoms with van der Waals surface area (Å²) < 4.78 is 13.0. The van der Waals surface area contributed by atoms with Gasteiger partial charge < -0.3 is 0 Å². The topological polar surface area (TPSA) is 38.0 Å². The summed E-state index contributed by atoms with van der Waals surface area (Å²) >= 11 is 1.88. The molecule has 0 amide bonds. The number of nitrogens with one attached hydrogen (secondary N) is 1. The van der Waals surface area contributed by atoms with E-state index in [9.17, 15) is 4.39 Å². The molecule has 0 radical (unpaired) electrons. The molecule has 1 heterocycles. The van der Waals surface area contributed by atoms with Gasteiger partial charge >= 0.3 is 0 Å². The monoisotopic (exact) mass is 288 g/mol. The van der Waals surface area contributed by atoms with E-state index in [1.807, 2.05) is 23.9 Å². The van der Waals surface area contributed by atoms with Gasteiger partial charge in [-0.15, -0.1) is 11.8 Å². The number of hydrogen-bond acceptors (Lipinski definition) is 3. The zero-order valence-corrected chi connectivity index (χ0v) is 11.9. The van der Waals surface area contributed by atoms with Crippen molar-refractivity contribution in [2.45, 2.75) is 23.3 Å². The standard InChI is InChI=1S/C16H17FN2S/c17-12-7-5-11(6-8-12)9-15(19-18)14-10-20-16-4-2-1-3-13(14)16/h1-8,14-15,19H,9-10,18H2. The lowest BCUT2D eigenvalue weighted by Gasteiger charge is -2.23. The Labute approximate surface area is 122 Å². The molecule has 0 saturated carbocycles. The minimum absolute atomic E-state index is 0.164. The summed E-state index contributed by atoms with van der Waals surface area (Å²) in [6, 6.07) is 15.3. The van der Waals surface area contributed by atoms with Crippen molar-refractivity contribution in [3.63, 3.8) is 0 Å². The maximum atomic E-state index is 13.0. The first-order chi connectivity index (χ1) is 9.78. The van der Waals surface area contributed by atoms with Gasteiger partial charge in [-0.3, -0.25) is 11.3 Å². The molecule has 2 aromatic rings. The number of hydrogen-bond donors (Lipinski definition) is 2. The first-order valence-corrected chi connectivity index (χ1v) is 7.69. The molecule has 2 unspecified atom stereocenters. The summed E-state index contributed by atoms with van der Waals surface area (Å²) in [4.78, 5) is 1.34. The molecule has 3 N–H and O–H groups in total. The minimum atomic E-state index is -0.201. The van der Waals surface area contributed by atoms with Crippen molar-refractivity contribution >= 4 is 11.8 Å². The maximum Gasteiger partial charge on any atom is 0.123 e. The molecule has 2 nitrogen and oxygen atoms in total. The molecule has 0 spiro atoms. The lowest BCUT2D eigenvalue weighted by atomic mass is 9.89. The van der Waals surface area contributed by atoms with Crippen molar-refractivity contribution < 1.29 is 4.39 Å². The molecule has 2 atom stereocenters. The fraction of sp³-hybridized carbons (Fsp3) is 0.250. The summed E-state index contributed by atoms with van der Waals surface area (Å²) in [5, 5.41) is 0. The molecular weight excluding hydrogens is 271 g/mol. The van der Waals surface area contributed by atoms with Gasteiger partial charge in [0.05, 0.1) is 0 Å². The summed E-state index contributed by atoms with van der Waals surface area (Å²) in [5.41, 5.74) is 5.41. The van der Waals surface area contributed by atoms with E-state index in [1.165, 1.54) is 22.6 Å². The van der Waals surface area contributed by atoms with Gasteiger partial charge in [0, 0.05) is 22.6 Å². The second kappa shape index (κ2) is 5.95. The highest BCUT2D eigenvalue weighted by molar-refractivity contribution is 7.99. The van der Waals surface area contributed by atoms with Crippen molar-refractivity contribution in [2.75, 3.05) is 5.75 Å². The Hall–Kier alpha value is -1.36. The van der Waals surface area contributed by atoms with Crippen LogP contribution in [0.2, 0.25) is 0 Å². The van der Waals surface area contributed by atoms with E-state index < -0.39 is 0 Å². The minimum Gasteiger partial charge on any atom is -0.271 e. The SMILES string of the molecule is NNC(Cc1ccc(F)cc1)C1CSc2ccccc21. The molecule has 20 heavy (non-hydrogen) atoms. The van der Waals surface area contributed by atoms with Crippen LogP contribution in [0.15, 0.2) is 53.4 Å². The Balaban J connectivity index is 1.79. The molecular formula is C16H17FN2S. The molecule has 4 heteroatoms. The molecule has 1 aliphatic heterocycles. The lowest BCUT2D eigenvalue weighted by molar-refractivity contribution is 0.463. The number of thioether (sulfide) groups is 1. The summed E-state index contributed by atoms with van der Waals surface area (Å²) in [7, 11) is 0. The van der Waals surface area contributed by atoms with E-state index in [1.54, 1.807) is 0 Å². The van der Waals surface area contributed by atoms with Crippen LogP contribution < -0.4 is 11.3 Å². The molecule has 1 aliphatic rings. The molecule has 104 valence electrons. The lowest BCUT2D eigenvalue weighted by Crippen LogP contribution is -2.41. The molecule has 0 aliphatic carbocycles. The predicted molar refractivity (Wildman–Crippen MR) is 81.1 cm³/mol. The molecule has 3 rings (SSSR count). The number of nitrogens with two attached hydrogens (primary N) is 1. The zero-order chi connectivity index (χ0) is 13.9. The van der Waals surface area contributed by atoms with E-state index in [2.05, 4.69) is 29.7 Å². The Bertz CT molecular complexity index is 585. The van der Waals surface area contributed by atoms with Crippen molar-refractivity contribution in [3.8, 4) is 0 Å². The third-order valence-corrected chi connectivity index (χ3v) is 5.01. The van der Waals surface area contributed by atoms with Gasteiger partial charge in [0.25, 0.3) is 0 Å². The summed E-state index contributed by atoms with van der Waals surface area (Å²) in [6.07, 6.45) is 0.802. The van der Waals surface area contributed by atoms with E-state index in [-0.39, 0.29) is 11.9 Å². The van der Waals surface area contributed by atoms with Gasteiger partial charge in [-0.05, 0) is 35.7 Å². The number of benzene rings is 2. The fourth-order valence-electron chi connectivity index (χ4n) is 2.71.